The Hall–Kier alpha value is -0.140. The van der Waals surface area contributed by atoms with Crippen LogP contribution in [-0.4, -0.2) is 39.6 Å². The molecule has 1 heterocycles. The average Bonchev–Trinajstić information content (AvgIpc) is 2.23. The molecular weight excluding hydrogens is 238 g/mol. The molecule has 15 heavy (non-hydrogen) atoms. The number of hydrogen-bond donors (Lipinski definition) is 1. The number of sulfone groups is 1. The molecule has 5 nitrogen and oxygen atoms in total. The van der Waals surface area contributed by atoms with E-state index in [1.807, 2.05) is 0 Å². The van der Waals surface area contributed by atoms with Gasteiger partial charge in [-0.15, -0.1) is 0 Å². The minimum Gasteiger partial charge on any atom is -0.229 e. The highest BCUT2D eigenvalue weighted by Gasteiger charge is 2.40. The van der Waals surface area contributed by atoms with E-state index in [2.05, 4.69) is 4.72 Å². The van der Waals surface area contributed by atoms with Crippen molar-refractivity contribution >= 4 is 19.9 Å². The normalized spacial score (nSPS) is 30.5. The van der Waals surface area contributed by atoms with Crippen LogP contribution in [0.5, 0.6) is 0 Å². The number of nitrogens with one attached hydrogen (secondary N) is 1. The molecule has 0 bridgehead atoms. The van der Waals surface area contributed by atoms with Gasteiger partial charge in [0.2, 0.25) is 10.0 Å². The van der Waals surface area contributed by atoms with Gasteiger partial charge in [0, 0.05) is 5.54 Å². The fraction of sp³-hybridized carbons (Fsp3) is 1.00. The Bertz CT molecular complexity index is 426. The molecular formula is C8H17NO4S2. The van der Waals surface area contributed by atoms with Gasteiger partial charge >= 0.3 is 0 Å². The van der Waals surface area contributed by atoms with Crippen molar-refractivity contribution in [2.24, 2.45) is 0 Å². The van der Waals surface area contributed by atoms with Crippen molar-refractivity contribution in [3.05, 3.63) is 0 Å². The van der Waals surface area contributed by atoms with Gasteiger partial charge in [-0.2, -0.15) is 0 Å². The Morgan fingerprint density at radius 3 is 2.40 bits per heavy atom. The second kappa shape index (κ2) is 4.03. The van der Waals surface area contributed by atoms with Crippen LogP contribution in [0.3, 0.4) is 0 Å². The monoisotopic (exact) mass is 255 g/mol. The molecule has 1 fully saturated rings. The number of sulfonamides is 1. The van der Waals surface area contributed by atoms with E-state index in [-0.39, 0.29) is 17.3 Å². The van der Waals surface area contributed by atoms with Crippen molar-refractivity contribution in [2.45, 2.75) is 32.2 Å². The maximum Gasteiger partial charge on any atom is 0.212 e. The minimum absolute atomic E-state index is 0.0443. The van der Waals surface area contributed by atoms with E-state index in [1.165, 1.54) is 0 Å². The molecule has 1 atom stereocenters. The van der Waals surface area contributed by atoms with E-state index in [1.54, 1.807) is 13.8 Å². The third-order valence-corrected chi connectivity index (χ3v) is 6.03. The fourth-order valence-corrected chi connectivity index (χ4v) is 5.54. The highest BCUT2D eigenvalue weighted by Crippen LogP contribution is 2.23. The molecule has 1 saturated heterocycles. The Balaban J connectivity index is 2.75. The molecule has 0 amide bonds. The second-order valence-corrected chi connectivity index (χ2v) is 8.35. The fourth-order valence-electron chi connectivity index (χ4n) is 1.79. The van der Waals surface area contributed by atoms with Crippen LogP contribution in [0.15, 0.2) is 0 Å². The summed E-state index contributed by atoms with van der Waals surface area (Å²) >= 11 is 0. The minimum atomic E-state index is -3.34. The molecule has 1 aliphatic rings. The van der Waals surface area contributed by atoms with Crippen LogP contribution in [0.25, 0.3) is 0 Å². The first kappa shape index (κ1) is 12.9. The summed E-state index contributed by atoms with van der Waals surface area (Å²) in [7, 11) is -6.41. The van der Waals surface area contributed by atoms with Crippen molar-refractivity contribution in [3.63, 3.8) is 0 Å². The quantitative estimate of drug-likeness (QED) is 0.760. The maximum absolute atomic E-state index is 11.5. The zero-order valence-corrected chi connectivity index (χ0v) is 10.6. The summed E-state index contributed by atoms with van der Waals surface area (Å²) in [6, 6.07) is 0. The Morgan fingerprint density at radius 2 is 2.00 bits per heavy atom. The van der Waals surface area contributed by atoms with Crippen LogP contribution in [-0.2, 0) is 19.9 Å². The molecule has 1 N–H and O–H groups in total. The molecule has 1 rings (SSSR count). The Labute approximate surface area is 91.2 Å². The molecule has 0 spiro atoms. The largest absolute Gasteiger partial charge is 0.229 e. The summed E-state index contributed by atoms with van der Waals surface area (Å²) in [5.41, 5.74) is -0.813. The standard InChI is InChI=1S/C8H17NO4S2/c1-3-5-15(12,13)9-8(2)4-6-14(10,11)7-8/h9H,3-7H2,1-2H3. The van der Waals surface area contributed by atoms with E-state index < -0.39 is 25.4 Å². The third kappa shape index (κ3) is 3.73. The topological polar surface area (TPSA) is 80.3 Å². The van der Waals surface area contributed by atoms with Gasteiger partial charge in [-0.25, -0.2) is 21.6 Å². The first-order chi connectivity index (χ1) is 6.68. The van der Waals surface area contributed by atoms with Crippen LogP contribution in [0, 0.1) is 0 Å². The van der Waals surface area contributed by atoms with Crippen molar-refractivity contribution in [2.75, 3.05) is 17.3 Å². The van der Waals surface area contributed by atoms with E-state index in [0.29, 0.717) is 12.8 Å². The van der Waals surface area contributed by atoms with Crippen LogP contribution >= 0.6 is 0 Å². The molecule has 0 aliphatic carbocycles. The van der Waals surface area contributed by atoms with Crippen LogP contribution in [0.4, 0.5) is 0 Å². The molecule has 0 aromatic heterocycles. The average molecular weight is 255 g/mol. The smallest absolute Gasteiger partial charge is 0.212 e. The van der Waals surface area contributed by atoms with Gasteiger partial charge < -0.3 is 0 Å². The molecule has 0 saturated carbocycles. The van der Waals surface area contributed by atoms with Crippen molar-refractivity contribution < 1.29 is 16.8 Å². The zero-order chi connectivity index (χ0) is 11.7. The summed E-state index contributed by atoms with van der Waals surface area (Å²) in [5.74, 6) is 0.0176. The van der Waals surface area contributed by atoms with Gasteiger partial charge in [-0.3, -0.25) is 0 Å². The third-order valence-electron chi connectivity index (χ3n) is 2.38. The summed E-state index contributed by atoms with van der Waals surface area (Å²) in [5, 5.41) is 0. The number of hydrogen-bond acceptors (Lipinski definition) is 4. The van der Waals surface area contributed by atoms with Crippen molar-refractivity contribution in [1.29, 1.82) is 0 Å². The predicted octanol–water partition coefficient (Wildman–Crippen LogP) is -0.107. The van der Waals surface area contributed by atoms with Gasteiger partial charge in [0.25, 0.3) is 0 Å². The van der Waals surface area contributed by atoms with Crippen molar-refractivity contribution in [1.82, 2.24) is 4.72 Å². The summed E-state index contributed by atoms with van der Waals surface area (Å²) in [4.78, 5) is 0. The van der Waals surface area contributed by atoms with Gasteiger partial charge in [-0.1, -0.05) is 6.92 Å². The highest BCUT2D eigenvalue weighted by molar-refractivity contribution is 7.92. The molecule has 0 aromatic rings. The maximum atomic E-state index is 11.5. The first-order valence-electron chi connectivity index (χ1n) is 4.90. The van der Waals surface area contributed by atoms with Gasteiger partial charge in [0.15, 0.2) is 9.84 Å². The van der Waals surface area contributed by atoms with Crippen LogP contribution < -0.4 is 4.72 Å². The lowest BCUT2D eigenvalue weighted by molar-refractivity contribution is 0.461. The van der Waals surface area contributed by atoms with Gasteiger partial charge in [0.05, 0.1) is 17.3 Å². The summed E-state index contributed by atoms with van der Waals surface area (Å²) < 4.78 is 48.0. The zero-order valence-electron chi connectivity index (χ0n) is 8.99. The lowest BCUT2D eigenvalue weighted by Crippen LogP contribution is -2.47. The van der Waals surface area contributed by atoms with Crippen LogP contribution in [0.2, 0.25) is 0 Å². The predicted molar refractivity (Wildman–Crippen MR) is 58.9 cm³/mol. The Kier molecular flexibility index (Phi) is 3.47. The lowest BCUT2D eigenvalue weighted by atomic mass is 10.0. The number of rotatable bonds is 4. The molecule has 1 aliphatic heterocycles. The van der Waals surface area contributed by atoms with E-state index in [4.69, 9.17) is 0 Å². The first-order valence-corrected chi connectivity index (χ1v) is 8.37. The molecule has 0 radical (unpaired) electrons. The van der Waals surface area contributed by atoms with Crippen LogP contribution in [0.1, 0.15) is 26.7 Å². The van der Waals surface area contributed by atoms with E-state index in [0.717, 1.165) is 0 Å². The van der Waals surface area contributed by atoms with Crippen molar-refractivity contribution in [3.8, 4) is 0 Å². The second-order valence-electron chi connectivity index (χ2n) is 4.32. The van der Waals surface area contributed by atoms with E-state index in [9.17, 15) is 16.8 Å². The molecule has 90 valence electrons. The van der Waals surface area contributed by atoms with Gasteiger partial charge in [-0.05, 0) is 19.8 Å². The molecule has 0 aromatic carbocycles. The highest BCUT2D eigenvalue weighted by atomic mass is 32.2. The summed E-state index contributed by atoms with van der Waals surface area (Å²) in [6.45, 7) is 3.41. The molecule has 1 unspecified atom stereocenters. The Morgan fingerprint density at radius 1 is 1.40 bits per heavy atom. The lowest BCUT2D eigenvalue weighted by Gasteiger charge is -2.23. The van der Waals surface area contributed by atoms with Gasteiger partial charge in [0.1, 0.15) is 0 Å². The SMILES string of the molecule is CCCS(=O)(=O)NC1(C)CCS(=O)(=O)C1. The van der Waals surface area contributed by atoms with E-state index >= 15 is 0 Å². The molecule has 7 heteroatoms. The summed E-state index contributed by atoms with van der Waals surface area (Å²) in [6.07, 6.45) is 0.885.